The predicted octanol–water partition coefficient (Wildman–Crippen LogP) is 6.13. The second kappa shape index (κ2) is 14.8. The standard InChI is InChI=1S/C36H43F3N4O6/c1-22(48-23(2)45)33(46)43(18-25-17-42(19-29(25)39)34(47)49-35(3,4)5)31(36(6,7)21-44)32-40-30(27-15-26(37)13-14-28(27)38)20-41(32)16-24-11-9-8-10-12-24/h8-15,20-22,25,29,31H,16-19H2,1-7H3. The molecular weight excluding hydrogens is 641 g/mol. The van der Waals surface area contributed by atoms with Gasteiger partial charge in [-0.25, -0.2) is 22.9 Å². The number of carbonyl (C=O) groups is 4. The number of esters is 1. The van der Waals surface area contributed by atoms with E-state index in [1.165, 1.54) is 22.9 Å². The van der Waals surface area contributed by atoms with Crippen molar-refractivity contribution < 1.29 is 41.8 Å². The van der Waals surface area contributed by atoms with Gasteiger partial charge >= 0.3 is 12.1 Å². The lowest BCUT2D eigenvalue weighted by Crippen LogP contribution is -2.50. The Morgan fingerprint density at radius 1 is 1.06 bits per heavy atom. The van der Waals surface area contributed by atoms with Gasteiger partial charge in [0.05, 0.1) is 12.2 Å². The van der Waals surface area contributed by atoms with Gasteiger partial charge in [-0.15, -0.1) is 0 Å². The first kappa shape index (κ1) is 37.1. The van der Waals surface area contributed by atoms with Crippen molar-refractivity contribution in [3.05, 3.63) is 77.8 Å². The molecule has 13 heteroatoms. The molecule has 0 bridgehead atoms. The van der Waals surface area contributed by atoms with Crippen LogP contribution in [0.1, 0.15) is 65.9 Å². The zero-order valence-corrected chi connectivity index (χ0v) is 28.8. The second-order valence-electron chi connectivity index (χ2n) is 14.0. The number of likely N-dealkylation sites (tertiary alicyclic amines) is 1. The summed E-state index contributed by atoms with van der Waals surface area (Å²) in [6.45, 7) is 10.2. The van der Waals surface area contributed by atoms with Gasteiger partial charge in [-0.2, -0.15) is 0 Å². The number of rotatable bonds is 11. The predicted molar refractivity (Wildman–Crippen MR) is 175 cm³/mol. The summed E-state index contributed by atoms with van der Waals surface area (Å²) in [5.74, 6) is -3.72. The number of nitrogens with zero attached hydrogens (tertiary/aromatic N) is 4. The van der Waals surface area contributed by atoms with Crippen LogP contribution in [0.2, 0.25) is 0 Å². The fraction of sp³-hybridized carbons (Fsp3) is 0.472. The van der Waals surface area contributed by atoms with Gasteiger partial charge in [-0.05, 0) is 51.5 Å². The molecule has 4 rings (SSSR count). The normalized spacial score (nSPS) is 17.7. The summed E-state index contributed by atoms with van der Waals surface area (Å²) in [6, 6.07) is 10.9. The van der Waals surface area contributed by atoms with Gasteiger partial charge in [0.25, 0.3) is 5.91 Å². The summed E-state index contributed by atoms with van der Waals surface area (Å²) in [5.41, 5.74) is -1.53. The Hall–Kier alpha value is -4.68. The van der Waals surface area contributed by atoms with Crippen molar-refractivity contribution in [3.8, 4) is 11.3 Å². The summed E-state index contributed by atoms with van der Waals surface area (Å²) in [4.78, 5) is 59.0. The Labute approximate surface area is 284 Å². The number of hydrogen-bond acceptors (Lipinski definition) is 7. The van der Waals surface area contributed by atoms with Crippen LogP contribution in [0.4, 0.5) is 18.0 Å². The minimum atomic E-state index is -1.58. The van der Waals surface area contributed by atoms with Crippen LogP contribution in [0.15, 0.2) is 54.7 Å². The van der Waals surface area contributed by atoms with E-state index in [1.807, 2.05) is 30.3 Å². The lowest BCUT2D eigenvalue weighted by Gasteiger charge is -2.41. The van der Waals surface area contributed by atoms with Gasteiger partial charge in [0.1, 0.15) is 41.6 Å². The number of aromatic nitrogens is 2. The van der Waals surface area contributed by atoms with E-state index in [-0.39, 0.29) is 43.3 Å². The van der Waals surface area contributed by atoms with E-state index in [0.717, 1.165) is 30.7 Å². The van der Waals surface area contributed by atoms with Crippen molar-refractivity contribution in [1.29, 1.82) is 0 Å². The van der Waals surface area contributed by atoms with Gasteiger partial charge in [0, 0.05) is 49.7 Å². The number of benzene rings is 2. The molecule has 2 aromatic carbocycles. The molecule has 2 amide bonds. The van der Waals surface area contributed by atoms with E-state index in [1.54, 1.807) is 39.2 Å². The van der Waals surface area contributed by atoms with Gasteiger partial charge in [0.15, 0.2) is 6.10 Å². The molecule has 1 fully saturated rings. The molecule has 1 aliphatic heterocycles. The molecule has 264 valence electrons. The molecule has 0 radical (unpaired) electrons. The summed E-state index contributed by atoms with van der Waals surface area (Å²) in [6.07, 6.45) is -1.50. The third kappa shape index (κ3) is 9.07. The molecule has 3 aromatic rings. The Balaban J connectivity index is 1.88. The molecule has 49 heavy (non-hydrogen) atoms. The molecule has 0 N–H and O–H groups in total. The van der Waals surface area contributed by atoms with Crippen molar-refractivity contribution in [2.45, 2.75) is 78.9 Å². The molecule has 1 saturated heterocycles. The minimum Gasteiger partial charge on any atom is -0.453 e. The molecular formula is C36H43F3N4O6. The van der Waals surface area contributed by atoms with Crippen molar-refractivity contribution in [1.82, 2.24) is 19.4 Å². The van der Waals surface area contributed by atoms with Crippen LogP contribution in [-0.4, -0.2) is 81.1 Å². The Morgan fingerprint density at radius 2 is 1.73 bits per heavy atom. The lowest BCUT2D eigenvalue weighted by molar-refractivity contribution is -0.161. The highest BCUT2D eigenvalue weighted by molar-refractivity contribution is 5.84. The largest absolute Gasteiger partial charge is 0.453 e. The van der Waals surface area contributed by atoms with E-state index in [9.17, 15) is 23.6 Å². The summed E-state index contributed by atoms with van der Waals surface area (Å²) in [5, 5.41) is 0. The van der Waals surface area contributed by atoms with Gasteiger partial charge in [0.2, 0.25) is 0 Å². The molecule has 1 aliphatic rings. The quantitative estimate of drug-likeness (QED) is 0.177. The van der Waals surface area contributed by atoms with Crippen molar-refractivity contribution in [3.63, 3.8) is 0 Å². The van der Waals surface area contributed by atoms with E-state index >= 15 is 8.78 Å². The number of ether oxygens (including phenoxy) is 2. The molecule has 2 heterocycles. The highest BCUT2D eigenvalue weighted by Gasteiger charge is 2.46. The maximum Gasteiger partial charge on any atom is 0.410 e. The maximum atomic E-state index is 15.7. The number of carbonyl (C=O) groups excluding carboxylic acids is 4. The third-order valence-corrected chi connectivity index (χ3v) is 8.19. The monoisotopic (exact) mass is 684 g/mol. The van der Waals surface area contributed by atoms with E-state index in [0.29, 0.717) is 6.29 Å². The van der Waals surface area contributed by atoms with E-state index < -0.39 is 64.9 Å². The number of alkyl halides is 1. The van der Waals surface area contributed by atoms with Gasteiger partial charge in [-0.3, -0.25) is 9.59 Å². The third-order valence-electron chi connectivity index (χ3n) is 8.19. The first-order valence-corrected chi connectivity index (χ1v) is 16.0. The molecule has 4 atom stereocenters. The van der Waals surface area contributed by atoms with Crippen LogP contribution in [0.25, 0.3) is 11.3 Å². The summed E-state index contributed by atoms with van der Waals surface area (Å²) in [7, 11) is 0. The maximum absolute atomic E-state index is 15.7. The van der Waals surface area contributed by atoms with Crippen LogP contribution < -0.4 is 0 Å². The summed E-state index contributed by atoms with van der Waals surface area (Å²) >= 11 is 0. The average Bonchev–Trinajstić information content (AvgIpc) is 3.59. The average molecular weight is 685 g/mol. The van der Waals surface area contributed by atoms with Crippen molar-refractivity contribution in [2.75, 3.05) is 19.6 Å². The molecule has 0 spiro atoms. The number of halogens is 3. The first-order valence-electron chi connectivity index (χ1n) is 16.0. The lowest BCUT2D eigenvalue weighted by atomic mass is 9.83. The number of aldehydes is 1. The van der Waals surface area contributed by atoms with Crippen LogP contribution in [-0.2, 0) is 30.4 Å². The van der Waals surface area contributed by atoms with Crippen LogP contribution >= 0.6 is 0 Å². The number of hydrogen-bond donors (Lipinski definition) is 0. The molecule has 0 aliphatic carbocycles. The van der Waals surface area contributed by atoms with Crippen LogP contribution in [0.3, 0.4) is 0 Å². The minimum absolute atomic E-state index is 0.0374. The zero-order chi connectivity index (χ0) is 36.3. The fourth-order valence-corrected chi connectivity index (χ4v) is 5.90. The Bertz CT molecular complexity index is 1670. The van der Waals surface area contributed by atoms with Gasteiger partial charge < -0.3 is 28.6 Å². The molecule has 10 nitrogen and oxygen atoms in total. The van der Waals surface area contributed by atoms with E-state index in [4.69, 9.17) is 14.5 Å². The van der Waals surface area contributed by atoms with Gasteiger partial charge in [-0.1, -0.05) is 44.2 Å². The molecule has 4 unspecified atom stereocenters. The molecule has 0 saturated carbocycles. The fourth-order valence-electron chi connectivity index (χ4n) is 5.90. The number of amides is 2. The Kier molecular flexibility index (Phi) is 11.2. The van der Waals surface area contributed by atoms with Crippen LogP contribution in [0, 0.1) is 23.0 Å². The Morgan fingerprint density at radius 3 is 2.35 bits per heavy atom. The highest BCUT2D eigenvalue weighted by Crippen LogP contribution is 2.40. The van der Waals surface area contributed by atoms with E-state index in [2.05, 4.69) is 0 Å². The smallest absolute Gasteiger partial charge is 0.410 e. The SMILES string of the molecule is CC(=O)OC(C)C(=O)N(CC1CN(C(=O)OC(C)(C)C)CC1F)C(c1nc(-c2cc(F)ccc2F)cn1Cc1ccccc1)C(C)(C)C=O. The highest BCUT2D eigenvalue weighted by atomic mass is 19.1. The topological polar surface area (TPSA) is 111 Å². The zero-order valence-electron chi connectivity index (χ0n) is 28.8. The second-order valence-corrected chi connectivity index (χ2v) is 14.0. The van der Waals surface area contributed by atoms with Crippen molar-refractivity contribution in [2.24, 2.45) is 11.3 Å². The first-order chi connectivity index (χ1) is 22.9. The number of imidazole rings is 1. The summed E-state index contributed by atoms with van der Waals surface area (Å²) < 4.78 is 57.5. The molecule has 1 aromatic heterocycles. The van der Waals surface area contributed by atoms with Crippen LogP contribution in [0.5, 0.6) is 0 Å². The van der Waals surface area contributed by atoms with Crippen molar-refractivity contribution >= 4 is 24.3 Å².